The third kappa shape index (κ3) is 3.10. The predicted octanol–water partition coefficient (Wildman–Crippen LogP) is 2.95. The first-order chi connectivity index (χ1) is 9.38. The average Bonchev–Trinajstić information content (AvgIpc) is 2.59. The van der Waals surface area contributed by atoms with Crippen LogP contribution in [-0.4, -0.2) is 22.9 Å². The van der Waals surface area contributed by atoms with Crippen molar-refractivity contribution in [2.24, 2.45) is 5.92 Å². The van der Waals surface area contributed by atoms with Crippen LogP contribution >= 0.6 is 11.6 Å². The lowest BCUT2D eigenvalue weighted by molar-refractivity contribution is -0.128. The molecule has 1 atom stereocenters. The molecule has 1 unspecified atom stereocenters. The second-order valence-corrected chi connectivity index (χ2v) is 5.70. The lowest BCUT2D eigenvalue weighted by atomic mass is 10.0. The van der Waals surface area contributed by atoms with E-state index in [-0.39, 0.29) is 17.5 Å². The van der Waals surface area contributed by atoms with Crippen molar-refractivity contribution >= 4 is 23.5 Å². The van der Waals surface area contributed by atoms with Gasteiger partial charge < -0.3 is 5.32 Å². The molecule has 0 spiro atoms. The molecule has 0 aromatic heterocycles. The van der Waals surface area contributed by atoms with Crippen molar-refractivity contribution in [1.29, 1.82) is 0 Å². The minimum atomic E-state index is -0.485. The highest BCUT2D eigenvalue weighted by atomic mass is 35.5. The zero-order valence-corrected chi connectivity index (χ0v) is 12.1. The fourth-order valence-corrected chi connectivity index (χ4v) is 2.41. The molecule has 2 rings (SSSR count). The van der Waals surface area contributed by atoms with E-state index in [0.29, 0.717) is 17.9 Å². The van der Waals surface area contributed by atoms with Crippen molar-refractivity contribution in [3.05, 3.63) is 34.6 Å². The number of imide groups is 1. The maximum Gasteiger partial charge on any atom is 0.325 e. The first-order valence-corrected chi connectivity index (χ1v) is 6.82. The second-order valence-electron chi connectivity index (χ2n) is 5.29. The standard InChI is InChI=1S/C14H16ClFN2O2/c1-8(2)5-12-13(19)18(14(20)17-12)7-9-3-4-10(16)6-11(9)15/h3-4,6,8,12H,5,7H2,1-2H3,(H,17,20). The van der Waals surface area contributed by atoms with Crippen LogP contribution in [0.25, 0.3) is 0 Å². The molecule has 1 saturated heterocycles. The Balaban J connectivity index is 2.13. The number of carbonyl (C=O) groups excluding carboxylic acids is 2. The number of nitrogens with zero attached hydrogens (tertiary/aromatic N) is 1. The molecule has 0 radical (unpaired) electrons. The maximum atomic E-state index is 13.0. The number of nitrogens with one attached hydrogen (secondary N) is 1. The Morgan fingerprint density at radius 3 is 2.70 bits per heavy atom. The average molecular weight is 299 g/mol. The Bertz CT molecular complexity index is 548. The molecular weight excluding hydrogens is 283 g/mol. The molecule has 20 heavy (non-hydrogen) atoms. The predicted molar refractivity (Wildman–Crippen MR) is 73.7 cm³/mol. The Morgan fingerprint density at radius 1 is 1.40 bits per heavy atom. The zero-order chi connectivity index (χ0) is 14.9. The fraction of sp³-hybridized carbons (Fsp3) is 0.429. The van der Waals surface area contributed by atoms with E-state index >= 15 is 0 Å². The number of benzene rings is 1. The number of carbonyl (C=O) groups is 2. The highest BCUT2D eigenvalue weighted by Crippen LogP contribution is 2.22. The van der Waals surface area contributed by atoms with Gasteiger partial charge in [0, 0.05) is 5.02 Å². The van der Waals surface area contributed by atoms with Gasteiger partial charge in [-0.15, -0.1) is 0 Å². The van der Waals surface area contributed by atoms with E-state index < -0.39 is 17.9 Å². The Labute approximate surface area is 121 Å². The quantitative estimate of drug-likeness (QED) is 0.869. The number of hydrogen-bond acceptors (Lipinski definition) is 2. The van der Waals surface area contributed by atoms with Crippen molar-refractivity contribution in [3.8, 4) is 0 Å². The van der Waals surface area contributed by atoms with Crippen LogP contribution in [-0.2, 0) is 11.3 Å². The second kappa shape index (κ2) is 5.79. The number of hydrogen-bond donors (Lipinski definition) is 1. The summed E-state index contributed by atoms with van der Waals surface area (Å²) in [6.07, 6.45) is 0.595. The molecule has 0 bridgehead atoms. The molecule has 1 aromatic carbocycles. The van der Waals surface area contributed by atoms with Gasteiger partial charge in [0.05, 0.1) is 6.54 Å². The smallest absolute Gasteiger partial charge is 0.325 e. The van der Waals surface area contributed by atoms with E-state index in [4.69, 9.17) is 11.6 Å². The van der Waals surface area contributed by atoms with E-state index in [0.717, 1.165) is 4.90 Å². The van der Waals surface area contributed by atoms with E-state index in [1.54, 1.807) is 0 Å². The molecule has 1 heterocycles. The number of halogens is 2. The third-order valence-corrected chi connectivity index (χ3v) is 3.51. The highest BCUT2D eigenvalue weighted by molar-refractivity contribution is 6.31. The van der Waals surface area contributed by atoms with Gasteiger partial charge in [-0.05, 0) is 30.0 Å². The molecule has 0 saturated carbocycles. The van der Waals surface area contributed by atoms with Gasteiger partial charge in [0.25, 0.3) is 5.91 Å². The van der Waals surface area contributed by atoms with Crippen molar-refractivity contribution in [2.75, 3.05) is 0 Å². The summed E-state index contributed by atoms with van der Waals surface area (Å²) >= 11 is 5.91. The van der Waals surface area contributed by atoms with Gasteiger partial charge in [-0.25, -0.2) is 9.18 Å². The molecular formula is C14H16ClFN2O2. The highest BCUT2D eigenvalue weighted by Gasteiger charge is 2.38. The van der Waals surface area contributed by atoms with Gasteiger partial charge in [-0.1, -0.05) is 31.5 Å². The lowest BCUT2D eigenvalue weighted by Crippen LogP contribution is -2.31. The molecule has 1 fully saturated rings. The summed E-state index contributed by atoms with van der Waals surface area (Å²) in [7, 11) is 0. The van der Waals surface area contributed by atoms with Gasteiger partial charge in [0.15, 0.2) is 0 Å². The third-order valence-electron chi connectivity index (χ3n) is 3.16. The zero-order valence-electron chi connectivity index (χ0n) is 11.3. The molecule has 1 aromatic rings. The molecule has 1 aliphatic rings. The lowest BCUT2D eigenvalue weighted by Gasteiger charge is -2.14. The van der Waals surface area contributed by atoms with E-state index in [1.807, 2.05) is 13.8 Å². The fourth-order valence-electron chi connectivity index (χ4n) is 2.18. The van der Waals surface area contributed by atoms with Gasteiger partial charge in [-0.3, -0.25) is 9.69 Å². The van der Waals surface area contributed by atoms with Gasteiger partial charge in [-0.2, -0.15) is 0 Å². The van der Waals surface area contributed by atoms with Crippen LogP contribution in [0.2, 0.25) is 5.02 Å². The van der Waals surface area contributed by atoms with E-state index in [9.17, 15) is 14.0 Å². The normalized spacial score (nSPS) is 18.9. The maximum absolute atomic E-state index is 13.0. The van der Waals surface area contributed by atoms with Crippen LogP contribution in [0.15, 0.2) is 18.2 Å². The van der Waals surface area contributed by atoms with Crippen molar-refractivity contribution in [2.45, 2.75) is 32.9 Å². The van der Waals surface area contributed by atoms with Crippen LogP contribution in [0.3, 0.4) is 0 Å². The van der Waals surface area contributed by atoms with Crippen LogP contribution in [0, 0.1) is 11.7 Å². The molecule has 1 N–H and O–H groups in total. The van der Waals surface area contributed by atoms with Crippen LogP contribution in [0.5, 0.6) is 0 Å². The van der Waals surface area contributed by atoms with Crippen LogP contribution in [0.1, 0.15) is 25.8 Å². The monoisotopic (exact) mass is 298 g/mol. The number of amides is 3. The molecule has 4 nitrogen and oxygen atoms in total. The van der Waals surface area contributed by atoms with Gasteiger partial charge in [0.1, 0.15) is 11.9 Å². The molecule has 108 valence electrons. The van der Waals surface area contributed by atoms with Crippen LogP contribution in [0.4, 0.5) is 9.18 Å². The minimum absolute atomic E-state index is 0.0539. The van der Waals surface area contributed by atoms with Crippen molar-refractivity contribution < 1.29 is 14.0 Å². The van der Waals surface area contributed by atoms with E-state index in [1.165, 1.54) is 18.2 Å². The molecule has 1 aliphatic heterocycles. The summed E-state index contributed by atoms with van der Waals surface area (Å²) in [4.78, 5) is 25.1. The first-order valence-electron chi connectivity index (χ1n) is 6.44. The van der Waals surface area contributed by atoms with E-state index in [2.05, 4.69) is 5.32 Å². The summed E-state index contributed by atoms with van der Waals surface area (Å²) in [6.45, 7) is 4.02. The summed E-state index contributed by atoms with van der Waals surface area (Å²) < 4.78 is 13.0. The molecule has 6 heteroatoms. The number of urea groups is 1. The minimum Gasteiger partial charge on any atom is -0.326 e. The van der Waals surface area contributed by atoms with Gasteiger partial charge in [0.2, 0.25) is 0 Å². The Hall–Kier alpha value is -1.62. The summed E-state index contributed by atoms with van der Waals surface area (Å²) in [5, 5.41) is 2.86. The Kier molecular flexibility index (Phi) is 4.28. The van der Waals surface area contributed by atoms with Crippen LogP contribution < -0.4 is 5.32 Å². The first kappa shape index (κ1) is 14.8. The topological polar surface area (TPSA) is 49.4 Å². The Morgan fingerprint density at radius 2 is 2.10 bits per heavy atom. The SMILES string of the molecule is CC(C)CC1NC(=O)N(Cc2ccc(F)cc2Cl)C1=O. The van der Waals surface area contributed by atoms with Gasteiger partial charge >= 0.3 is 6.03 Å². The largest absolute Gasteiger partial charge is 0.326 e. The summed E-state index contributed by atoms with van der Waals surface area (Å²) in [6, 6.07) is 2.99. The summed E-state index contributed by atoms with van der Waals surface area (Å²) in [5.41, 5.74) is 0.543. The molecule has 3 amide bonds. The van der Waals surface area contributed by atoms with Crippen molar-refractivity contribution in [1.82, 2.24) is 10.2 Å². The summed E-state index contributed by atoms with van der Waals surface area (Å²) in [5.74, 6) is -0.406. The number of rotatable bonds is 4. The van der Waals surface area contributed by atoms with Crippen molar-refractivity contribution in [3.63, 3.8) is 0 Å². The molecule has 0 aliphatic carbocycles.